The predicted molar refractivity (Wildman–Crippen MR) is 118 cm³/mol. The highest BCUT2D eigenvalue weighted by molar-refractivity contribution is 5.77. The minimum Gasteiger partial charge on any atom is -0.508 e. The fourth-order valence-electron chi connectivity index (χ4n) is 4.63. The first-order chi connectivity index (χ1) is 13.9. The highest BCUT2D eigenvalue weighted by atomic mass is 16.4. The molecule has 2 saturated carbocycles. The first kappa shape index (κ1) is 22.2. The summed E-state index contributed by atoms with van der Waals surface area (Å²) >= 11 is 0. The van der Waals surface area contributed by atoms with Crippen LogP contribution < -0.4 is 0 Å². The predicted octanol–water partition coefficient (Wildman–Crippen LogP) is 7.04. The van der Waals surface area contributed by atoms with Crippen LogP contribution in [0.1, 0.15) is 108 Å². The third-order valence-corrected chi connectivity index (χ3v) is 7.43. The molecule has 162 valence electrons. The fraction of sp³-hybridized carbons (Fsp3) is 0.731. The molecule has 3 heteroatoms. The Kier molecular flexibility index (Phi) is 7.65. The lowest BCUT2D eigenvalue weighted by Gasteiger charge is -2.12. The second kappa shape index (κ2) is 10.00. The van der Waals surface area contributed by atoms with E-state index in [2.05, 4.69) is 13.0 Å². The number of unbranched alkanes of at least 4 members (excludes halogenated alkanes) is 6. The molecular formula is C26H40O3. The second-order valence-corrected chi connectivity index (χ2v) is 10.2. The number of hydrogen-bond donors (Lipinski definition) is 2. The Morgan fingerprint density at radius 3 is 2.00 bits per heavy atom. The third kappa shape index (κ3) is 7.04. The van der Waals surface area contributed by atoms with Crippen LogP contribution in [0.3, 0.4) is 0 Å². The molecule has 2 aliphatic carbocycles. The van der Waals surface area contributed by atoms with Crippen LogP contribution in [0.4, 0.5) is 0 Å². The Hall–Kier alpha value is -1.51. The Bertz CT molecular complexity index is 671. The quantitative estimate of drug-likeness (QED) is 0.310. The van der Waals surface area contributed by atoms with Gasteiger partial charge in [-0.3, -0.25) is 4.79 Å². The molecular weight excluding hydrogens is 360 g/mol. The SMILES string of the molecule is CC1(CCCCCCc2ccc(O)cc2CCCCCCC2(C(=O)O)CC2)CC1. The first-order valence-electron chi connectivity index (χ1n) is 12.0. The van der Waals surface area contributed by atoms with Crippen LogP contribution in [-0.2, 0) is 17.6 Å². The summed E-state index contributed by atoms with van der Waals surface area (Å²) in [6.45, 7) is 2.42. The Labute approximate surface area is 176 Å². The van der Waals surface area contributed by atoms with Gasteiger partial charge in [0.15, 0.2) is 0 Å². The number of aliphatic carboxylic acids is 1. The maximum absolute atomic E-state index is 11.2. The molecule has 0 aromatic heterocycles. The summed E-state index contributed by atoms with van der Waals surface area (Å²) in [5, 5.41) is 19.1. The molecule has 2 aliphatic rings. The number of rotatable bonds is 15. The van der Waals surface area contributed by atoms with Crippen LogP contribution in [0.15, 0.2) is 18.2 Å². The summed E-state index contributed by atoms with van der Waals surface area (Å²) in [6, 6.07) is 5.89. The van der Waals surface area contributed by atoms with Gasteiger partial charge in [-0.05, 0) is 92.9 Å². The van der Waals surface area contributed by atoms with E-state index < -0.39 is 5.97 Å². The van der Waals surface area contributed by atoms with Crippen LogP contribution >= 0.6 is 0 Å². The zero-order valence-electron chi connectivity index (χ0n) is 18.3. The van der Waals surface area contributed by atoms with Crippen molar-refractivity contribution in [1.29, 1.82) is 0 Å². The monoisotopic (exact) mass is 400 g/mol. The average Bonchev–Trinajstić information content (AvgIpc) is 3.60. The molecule has 0 atom stereocenters. The Morgan fingerprint density at radius 1 is 0.828 bits per heavy atom. The highest BCUT2D eigenvalue weighted by Gasteiger charge is 2.49. The summed E-state index contributed by atoms with van der Waals surface area (Å²) in [5.74, 6) is -0.220. The molecule has 2 N–H and O–H groups in total. The zero-order chi connectivity index (χ0) is 20.7. The van der Waals surface area contributed by atoms with E-state index >= 15 is 0 Å². The van der Waals surface area contributed by atoms with E-state index in [1.54, 1.807) is 0 Å². The van der Waals surface area contributed by atoms with Crippen LogP contribution in [0.5, 0.6) is 5.75 Å². The van der Waals surface area contributed by atoms with Gasteiger partial charge in [0.05, 0.1) is 5.41 Å². The molecule has 0 saturated heterocycles. The van der Waals surface area contributed by atoms with E-state index in [-0.39, 0.29) is 5.41 Å². The molecule has 2 fully saturated rings. The molecule has 0 bridgehead atoms. The number of benzene rings is 1. The molecule has 0 aliphatic heterocycles. The van der Waals surface area contributed by atoms with Gasteiger partial charge < -0.3 is 10.2 Å². The van der Waals surface area contributed by atoms with E-state index in [1.807, 2.05) is 12.1 Å². The standard InChI is InChI=1S/C26H40O3/c1-25(16-17-25)14-8-4-2-6-10-21-12-13-23(27)20-22(21)11-7-3-5-9-15-26(18-19-26)24(28)29/h12-13,20,27H,2-11,14-19H2,1H3,(H,28,29). The van der Waals surface area contributed by atoms with E-state index in [9.17, 15) is 15.0 Å². The van der Waals surface area contributed by atoms with Gasteiger partial charge in [-0.1, -0.05) is 51.5 Å². The van der Waals surface area contributed by atoms with Gasteiger partial charge in [0.1, 0.15) is 5.75 Å². The van der Waals surface area contributed by atoms with Crippen LogP contribution in [0.25, 0.3) is 0 Å². The summed E-state index contributed by atoms with van der Waals surface area (Å²) in [7, 11) is 0. The minimum atomic E-state index is -0.594. The number of hydrogen-bond acceptors (Lipinski definition) is 2. The van der Waals surface area contributed by atoms with Crippen LogP contribution in [0, 0.1) is 10.8 Å². The number of carbonyl (C=O) groups is 1. The van der Waals surface area contributed by atoms with Crippen molar-refractivity contribution in [2.24, 2.45) is 10.8 Å². The molecule has 0 radical (unpaired) electrons. The molecule has 3 rings (SSSR count). The summed E-state index contributed by atoms with van der Waals surface area (Å²) < 4.78 is 0. The summed E-state index contributed by atoms with van der Waals surface area (Å²) in [4.78, 5) is 11.2. The maximum Gasteiger partial charge on any atom is 0.309 e. The van der Waals surface area contributed by atoms with Gasteiger partial charge in [-0.15, -0.1) is 0 Å². The van der Waals surface area contributed by atoms with Gasteiger partial charge in [-0.2, -0.15) is 0 Å². The molecule has 0 heterocycles. The first-order valence-corrected chi connectivity index (χ1v) is 12.0. The number of carboxylic acids is 1. The largest absolute Gasteiger partial charge is 0.508 e. The van der Waals surface area contributed by atoms with Crippen molar-refractivity contribution in [1.82, 2.24) is 0 Å². The van der Waals surface area contributed by atoms with Crippen LogP contribution in [-0.4, -0.2) is 16.2 Å². The van der Waals surface area contributed by atoms with Crippen molar-refractivity contribution in [2.45, 2.75) is 110 Å². The maximum atomic E-state index is 11.2. The van der Waals surface area contributed by atoms with E-state index in [0.717, 1.165) is 57.8 Å². The lowest BCUT2D eigenvalue weighted by molar-refractivity contribution is -0.143. The highest BCUT2D eigenvalue weighted by Crippen LogP contribution is 2.50. The lowest BCUT2D eigenvalue weighted by Crippen LogP contribution is -2.14. The Balaban J connectivity index is 1.31. The van der Waals surface area contributed by atoms with Crippen molar-refractivity contribution in [2.75, 3.05) is 0 Å². The molecule has 0 amide bonds. The van der Waals surface area contributed by atoms with Crippen molar-refractivity contribution in [3.63, 3.8) is 0 Å². The third-order valence-electron chi connectivity index (χ3n) is 7.43. The van der Waals surface area contributed by atoms with Gasteiger partial charge in [0.25, 0.3) is 0 Å². The molecule has 29 heavy (non-hydrogen) atoms. The van der Waals surface area contributed by atoms with Crippen molar-refractivity contribution in [3.05, 3.63) is 29.3 Å². The van der Waals surface area contributed by atoms with Crippen molar-refractivity contribution >= 4 is 5.97 Å². The van der Waals surface area contributed by atoms with E-state index in [1.165, 1.54) is 56.1 Å². The minimum absolute atomic E-state index is 0.366. The van der Waals surface area contributed by atoms with E-state index in [4.69, 9.17) is 0 Å². The average molecular weight is 401 g/mol. The molecule has 0 spiro atoms. The molecule has 3 nitrogen and oxygen atoms in total. The van der Waals surface area contributed by atoms with Crippen LogP contribution in [0.2, 0.25) is 0 Å². The molecule has 1 aromatic carbocycles. The lowest BCUT2D eigenvalue weighted by atomic mass is 9.94. The van der Waals surface area contributed by atoms with Gasteiger partial charge in [0.2, 0.25) is 0 Å². The topological polar surface area (TPSA) is 57.5 Å². The van der Waals surface area contributed by atoms with E-state index in [0.29, 0.717) is 11.2 Å². The number of aryl methyl sites for hydroxylation is 2. The van der Waals surface area contributed by atoms with Gasteiger partial charge in [-0.25, -0.2) is 0 Å². The Morgan fingerprint density at radius 2 is 1.41 bits per heavy atom. The van der Waals surface area contributed by atoms with Crippen molar-refractivity contribution in [3.8, 4) is 5.75 Å². The zero-order valence-corrected chi connectivity index (χ0v) is 18.3. The molecule has 1 aromatic rings. The number of phenols is 1. The van der Waals surface area contributed by atoms with Gasteiger partial charge >= 0.3 is 5.97 Å². The number of phenolic OH excluding ortho intramolecular Hbond substituents is 1. The second-order valence-electron chi connectivity index (χ2n) is 10.2. The van der Waals surface area contributed by atoms with Crippen molar-refractivity contribution < 1.29 is 15.0 Å². The van der Waals surface area contributed by atoms with Gasteiger partial charge in [0, 0.05) is 0 Å². The molecule has 0 unspecified atom stereocenters. The number of carboxylic acid groups (broad SMARTS) is 1. The fourth-order valence-corrected chi connectivity index (χ4v) is 4.63. The normalized spacial score (nSPS) is 18.5. The number of aromatic hydroxyl groups is 1. The smallest absolute Gasteiger partial charge is 0.309 e. The summed E-state index contributed by atoms with van der Waals surface area (Å²) in [6.07, 6.45) is 18.7. The summed E-state index contributed by atoms with van der Waals surface area (Å²) in [5.41, 5.74) is 3.03.